The van der Waals surface area contributed by atoms with Gasteiger partial charge in [0.2, 0.25) is 0 Å². The Morgan fingerprint density at radius 2 is 2.29 bits per heavy atom. The Kier molecular flexibility index (Phi) is 3.54. The highest BCUT2D eigenvalue weighted by atomic mass is 35.5. The summed E-state index contributed by atoms with van der Waals surface area (Å²) >= 11 is 5.84. The molecule has 0 bridgehead atoms. The van der Waals surface area contributed by atoms with Gasteiger partial charge < -0.3 is 15.4 Å². The Morgan fingerprint density at radius 1 is 1.59 bits per heavy atom. The van der Waals surface area contributed by atoms with Crippen molar-refractivity contribution in [2.24, 2.45) is 5.73 Å². The summed E-state index contributed by atoms with van der Waals surface area (Å²) in [5.74, 6) is 0.565. The lowest BCUT2D eigenvalue weighted by molar-refractivity contribution is -0.142. The van der Waals surface area contributed by atoms with Gasteiger partial charge in [0.05, 0.1) is 0 Å². The van der Waals surface area contributed by atoms with E-state index in [1.165, 1.54) is 0 Å². The van der Waals surface area contributed by atoms with Gasteiger partial charge >= 0.3 is 0 Å². The molecule has 1 atom stereocenters. The van der Waals surface area contributed by atoms with Crippen LogP contribution in [0.1, 0.15) is 6.92 Å². The largest absolute Gasteiger partial charge is 0.481 e. The molecule has 92 valence electrons. The van der Waals surface area contributed by atoms with E-state index in [-0.39, 0.29) is 11.9 Å². The van der Waals surface area contributed by atoms with E-state index in [1.54, 1.807) is 36.1 Å². The predicted molar refractivity (Wildman–Crippen MR) is 66.1 cm³/mol. The van der Waals surface area contributed by atoms with Crippen molar-refractivity contribution in [1.82, 2.24) is 4.90 Å². The molecule has 0 aromatic heterocycles. The van der Waals surface area contributed by atoms with Crippen molar-refractivity contribution in [2.45, 2.75) is 19.1 Å². The third kappa shape index (κ3) is 2.90. The third-order valence-electron chi connectivity index (χ3n) is 2.68. The summed E-state index contributed by atoms with van der Waals surface area (Å²) in [5.41, 5.74) is 5.63. The number of halogens is 1. The van der Waals surface area contributed by atoms with Crippen molar-refractivity contribution in [1.29, 1.82) is 0 Å². The van der Waals surface area contributed by atoms with Crippen molar-refractivity contribution < 1.29 is 9.53 Å². The molecule has 1 saturated heterocycles. The van der Waals surface area contributed by atoms with Gasteiger partial charge in [-0.3, -0.25) is 4.79 Å². The molecule has 1 heterocycles. The van der Waals surface area contributed by atoms with Gasteiger partial charge in [0.25, 0.3) is 5.91 Å². The van der Waals surface area contributed by atoms with Gasteiger partial charge in [-0.2, -0.15) is 0 Å². The fourth-order valence-electron chi connectivity index (χ4n) is 1.74. The van der Waals surface area contributed by atoms with Gasteiger partial charge in [-0.1, -0.05) is 17.7 Å². The number of hydrogen-bond acceptors (Lipinski definition) is 3. The van der Waals surface area contributed by atoms with Crippen LogP contribution in [0.2, 0.25) is 5.02 Å². The first-order chi connectivity index (χ1) is 8.06. The molecule has 17 heavy (non-hydrogen) atoms. The zero-order valence-electron chi connectivity index (χ0n) is 9.60. The highest BCUT2D eigenvalue weighted by Crippen LogP contribution is 2.19. The number of rotatable bonds is 3. The number of ether oxygens (including phenoxy) is 1. The highest BCUT2D eigenvalue weighted by molar-refractivity contribution is 6.30. The highest BCUT2D eigenvalue weighted by Gasteiger charge is 2.31. The van der Waals surface area contributed by atoms with Crippen molar-refractivity contribution in [3.8, 4) is 5.75 Å². The van der Waals surface area contributed by atoms with E-state index in [2.05, 4.69) is 0 Å². The van der Waals surface area contributed by atoms with E-state index in [0.717, 1.165) is 0 Å². The number of benzene rings is 1. The minimum absolute atomic E-state index is 0.0355. The molecule has 4 nitrogen and oxygen atoms in total. The first kappa shape index (κ1) is 12.2. The summed E-state index contributed by atoms with van der Waals surface area (Å²) in [6.07, 6.45) is -0.513. The molecular formula is C12H15ClN2O2. The lowest BCUT2D eigenvalue weighted by atomic mass is 10.1. The number of nitrogens with zero attached hydrogens (tertiary/aromatic N) is 1. The minimum atomic E-state index is -0.513. The smallest absolute Gasteiger partial charge is 0.263 e. The second-order valence-electron chi connectivity index (χ2n) is 4.22. The van der Waals surface area contributed by atoms with Gasteiger partial charge in [-0.05, 0) is 25.1 Å². The average molecular weight is 255 g/mol. The van der Waals surface area contributed by atoms with Gasteiger partial charge in [0, 0.05) is 24.2 Å². The SMILES string of the molecule is CC(Oc1cccc(Cl)c1)C(=O)N1CC(N)C1. The maximum atomic E-state index is 11.9. The summed E-state index contributed by atoms with van der Waals surface area (Å²) in [6.45, 7) is 2.96. The quantitative estimate of drug-likeness (QED) is 0.884. The van der Waals surface area contributed by atoms with Crippen molar-refractivity contribution in [3.05, 3.63) is 29.3 Å². The molecule has 1 aromatic rings. The number of amides is 1. The van der Waals surface area contributed by atoms with Gasteiger partial charge in [-0.15, -0.1) is 0 Å². The standard InChI is InChI=1S/C12H15ClN2O2/c1-8(12(16)15-6-10(14)7-15)17-11-4-2-3-9(13)5-11/h2-5,8,10H,6-7,14H2,1H3. The fourth-order valence-corrected chi connectivity index (χ4v) is 1.92. The van der Waals surface area contributed by atoms with E-state index in [4.69, 9.17) is 22.1 Å². The molecule has 0 aliphatic carbocycles. The maximum Gasteiger partial charge on any atom is 0.263 e. The van der Waals surface area contributed by atoms with E-state index in [1.807, 2.05) is 0 Å². The summed E-state index contributed by atoms with van der Waals surface area (Å²) in [6, 6.07) is 7.12. The topological polar surface area (TPSA) is 55.6 Å². The van der Waals surface area contributed by atoms with Gasteiger partial charge in [0.15, 0.2) is 6.10 Å². The molecular weight excluding hydrogens is 240 g/mol. The molecule has 2 rings (SSSR count). The second-order valence-corrected chi connectivity index (χ2v) is 4.66. The minimum Gasteiger partial charge on any atom is -0.481 e. The van der Waals surface area contributed by atoms with Crippen LogP contribution in [0.25, 0.3) is 0 Å². The molecule has 2 N–H and O–H groups in total. The van der Waals surface area contributed by atoms with Crippen LogP contribution >= 0.6 is 11.6 Å². The van der Waals surface area contributed by atoms with Crippen LogP contribution in [-0.4, -0.2) is 36.0 Å². The molecule has 1 fully saturated rings. The van der Waals surface area contributed by atoms with Crippen LogP contribution in [0, 0.1) is 0 Å². The molecule has 0 spiro atoms. The molecule has 1 aromatic carbocycles. The number of likely N-dealkylation sites (tertiary alicyclic amines) is 1. The van der Waals surface area contributed by atoms with Gasteiger partial charge in [-0.25, -0.2) is 0 Å². The van der Waals surface area contributed by atoms with Crippen LogP contribution in [0.3, 0.4) is 0 Å². The van der Waals surface area contributed by atoms with E-state index >= 15 is 0 Å². The van der Waals surface area contributed by atoms with Crippen LogP contribution in [0.4, 0.5) is 0 Å². The molecule has 1 amide bonds. The van der Waals surface area contributed by atoms with Crippen LogP contribution in [0.5, 0.6) is 5.75 Å². The second kappa shape index (κ2) is 4.94. The first-order valence-electron chi connectivity index (χ1n) is 5.53. The summed E-state index contributed by atoms with van der Waals surface area (Å²) < 4.78 is 5.53. The van der Waals surface area contributed by atoms with E-state index < -0.39 is 6.10 Å². The van der Waals surface area contributed by atoms with Crippen LogP contribution in [0.15, 0.2) is 24.3 Å². The Morgan fingerprint density at radius 3 is 2.88 bits per heavy atom. The zero-order valence-corrected chi connectivity index (χ0v) is 10.4. The third-order valence-corrected chi connectivity index (χ3v) is 2.91. The first-order valence-corrected chi connectivity index (χ1v) is 5.90. The number of hydrogen-bond donors (Lipinski definition) is 1. The molecule has 1 unspecified atom stereocenters. The summed E-state index contributed by atoms with van der Waals surface area (Å²) in [5, 5.41) is 0.591. The number of carbonyl (C=O) groups is 1. The lowest BCUT2D eigenvalue weighted by Gasteiger charge is -2.38. The zero-order chi connectivity index (χ0) is 12.4. The summed E-state index contributed by atoms with van der Waals surface area (Å²) in [7, 11) is 0. The molecule has 0 radical (unpaired) electrons. The van der Waals surface area contributed by atoms with Crippen LogP contribution < -0.4 is 10.5 Å². The Hall–Kier alpha value is -1.26. The molecule has 1 aliphatic heterocycles. The Balaban J connectivity index is 1.92. The maximum absolute atomic E-state index is 11.9. The Bertz CT molecular complexity index is 419. The van der Waals surface area contributed by atoms with Crippen LogP contribution in [-0.2, 0) is 4.79 Å². The average Bonchev–Trinajstić information content (AvgIpc) is 2.24. The van der Waals surface area contributed by atoms with E-state index in [9.17, 15) is 4.79 Å². The van der Waals surface area contributed by atoms with E-state index in [0.29, 0.717) is 23.9 Å². The monoisotopic (exact) mass is 254 g/mol. The van der Waals surface area contributed by atoms with Crippen molar-refractivity contribution in [2.75, 3.05) is 13.1 Å². The number of nitrogens with two attached hydrogens (primary N) is 1. The van der Waals surface area contributed by atoms with Crippen molar-refractivity contribution >= 4 is 17.5 Å². The number of carbonyl (C=O) groups excluding carboxylic acids is 1. The lowest BCUT2D eigenvalue weighted by Crippen LogP contribution is -2.60. The van der Waals surface area contributed by atoms with Gasteiger partial charge in [0.1, 0.15) is 5.75 Å². The van der Waals surface area contributed by atoms with Crippen molar-refractivity contribution in [3.63, 3.8) is 0 Å². The fraction of sp³-hybridized carbons (Fsp3) is 0.417. The summed E-state index contributed by atoms with van der Waals surface area (Å²) in [4.78, 5) is 13.6. The molecule has 1 aliphatic rings. The predicted octanol–water partition coefficient (Wildman–Crippen LogP) is 1.28. The Labute approximate surface area is 105 Å². The molecule has 0 saturated carbocycles. The normalized spacial score (nSPS) is 17.5. The molecule has 5 heteroatoms.